The van der Waals surface area contributed by atoms with Crippen molar-refractivity contribution in [1.29, 1.82) is 0 Å². The smallest absolute Gasteiger partial charge is 0.300 e. The maximum absolute atomic E-state index is 9.00. The van der Waals surface area contributed by atoms with Crippen molar-refractivity contribution in [2.24, 2.45) is 0 Å². The number of aliphatic carboxylic acids is 3. The van der Waals surface area contributed by atoms with Gasteiger partial charge in [-0.25, -0.2) is 0 Å². The topological polar surface area (TPSA) is 112 Å². The van der Waals surface area contributed by atoms with E-state index in [0.29, 0.717) is 0 Å². The normalized spacial score (nSPS) is 5.77. The van der Waals surface area contributed by atoms with E-state index in [1.54, 1.807) is 0 Å². The summed E-state index contributed by atoms with van der Waals surface area (Å²) in [4.78, 5) is 27.0. The molecule has 0 aliphatic carbocycles. The summed E-state index contributed by atoms with van der Waals surface area (Å²) in [6.07, 6.45) is 0. The molecule has 0 aliphatic rings. The van der Waals surface area contributed by atoms with E-state index >= 15 is 0 Å². The Morgan fingerprint density at radius 3 is 0.692 bits per heavy atom. The first-order valence-electron chi connectivity index (χ1n) is 2.78. The fraction of sp³-hybridized carbons (Fsp3) is 0.500. The molecule has 0 fully saturated rings. The predicted octanol–water partition coefficient (Wildman–Crippen LogP) is -0.108. The minimum absolute atomic E-state index is 0. The maximum Gasteiger partial charge on any atom is 0.300 e. The number of carboxylic acids is 3. The minimum Gasteiger partial charge on any atom is -0.481 e. The first kappa shape index (κ1) is 22.8. The summed E-state index contributed by atoms with van der Waals surface area (Å²) in [7, 11) is 0. The van der Waals surface area contributed by atoms with Crippen molar-refractivity contribution < 1.29 is 29.7 Å². The molecule has 13 heavy (non-hydrogen) atoms. The quantitative estimate of drug-likeness (QED) is 0.538. The standard InChI is InChI=1S/3C2H4O2.Sb/c3*1-2(3)4;/h3*1H3,(H,3,4);. The largest absolute Gasteiger partial charge is 0.481 e. The summed E-state index contributed by atoms with van der Waals surface area (Å²) >= 11 is 0. The number of hydrogen-bond acceptors (Lipinski definition) is 3. The predicted molar refractivity (Wildman–Crippen MR) is 45.7 cm³/mol. The van der Waals surface area contributed by atoms with Crippen molar-refractivity contribution in [3.05, 3.63) is 0 Å². The molecule has 0 aromatic carbocycles. The van der Waals surface area contributed by atoms with E-state index in [2.05, 4.69) is 0 Å². The summed E-state index contributed by atoms with van der Waals surface area (Å²) in [6.45, 7) is 3.25. The van der Waals surface area contributed by atoms with Gasteiger partial charge in [0.15, 0.2) is 0 Å². The molecule has 7 heteroatoms. The molecule has 0 saturated heterocycles. The number of hydrogen-bond donors (Lipinski definition) is 3. The van der Waals surface area contributed by atoms with Crippen LogP contribution in [0.15, 0.2) is 0 Å². The summed E-state index contributed by atoms with van der Waals surface area (Å²) in [5, 5.41) is 22.2. The number of carboxylic acid groups (broad SMARTS) is 3. The molecule has 6 nitrogen and oxygen atoms in total. The van der Waals surface area contributed by atoms with Gasteiger partial charge in [0.2, 0.25) is 0 Å². The van der Waals surface area contributed by atoms with Gasteiger partial charge >= 0.3 is 0 Å². The van der Waals surface area contributed by atoms with Gasteiger partial charge in [0.25, 0.3) is 17.9 Å². The molecule has 0 unspecified atom stereocenters. The Morgan fingerprint density at radius 1 is 0.692 bits per heavy atom. The molecule has 0 aromatic rings. The van der Waals surface area contributed by atoms with Gasteiger partial charge in [0.05, 0.1) is 0 Å². The van der Waals surface area contributed by atoms with Crippen LogP contribution in [0.2, 0.25) is 0 Å². The van der Waals surface area contributed by atoms with Crippen LogP contribution in [0.25, 0.3) is 0 Å². The van der Waals surface area contributed by atoms with E-state index in [1.807, 2.05) is 0 Å². The van der Waals surface area contributed by atoms with E-state index in [0.717, 1.165) is 20.8 Å². The summed E-state index contributed by atoms with van der Waals surface area (Å²) in [6, 6.07) is 0. The summed E-state index contributed by atoms with van der Waals surface area (Å²) in [5.74, 6) is -2.50. The van der Waals surface area contributed by atoms with Crippen LogP contribution in [0.3, 0.4) is 0 Å². The second-order valence-corrected chi connectivity index (χ2v) is 1.56. The van der Waals surface area contributed by atoms with Crippen LogP contribution in [0, 0.1) is 0 Å². The Bertz CT molecular complexity index is 115. The van der Waals surface area contributed by atoms with Crippen LogP contribution < -0.4 is 0 Å². The van der Waals surface area contributed by atoms with Crippen LogP contribution in [-0.2, 0) is 14.4 Å². The Kier molecular flexibility index (Phi) is 30.4. The third kappa shape index (κ3) is 1610. The summed E-state index contributed by atoms with van der Waals surface area (Å²) in [5.41, 5.74) is 0. The molecule has 0 aliphatic heterocycles. The molecule has 0 bridgehead atoms. The molecule has 0 heterocycles. The second kappa shape index (κ2) is 17.3. The maximum atomic E-state index is 9.00. The second-order valence-electron chi connectivity index (χ2n) is 1.56. The zero-order chi connectivity index (χ0) is 10.7. The SMILES string of the molecule is CC(=O)O.CC(=O)O.CC(=O)O.[Sb]. The van der Waals surface area contributed by atoms with Crippen molar-refractivity contribution in [2.45, 2.75) is 20.8 Å². The van der Waals surface area contributed by atoms with Crippen molar-refractivity contribution in [3.63, 3.8) is 0 Å². The zero-order valence-electron chi connectivity index (χ0n) is 7.51. The van der Waals surface area contributed by atoms with Gasteiger partial charge in [-0.05, 0) is 0 Å². The number of carbonyl (C=O) groups is 3. The average molecular weight is 302 g/mol. The van der Waals surface area contributed by atoms with Crippen LogP contribution in [0.4, 0.5) is 0 Å². The molecule has 0 spiro atoms. The van der Waals surface area contributed by atoms with Gasteiger partial charge < -0.3 is 15.3 Å². The molecule has 0 aromatic heterocycles. The third-order valence-electron chi connectivity index (χ3n) is 0. The van der Waals surface area contributed by atoms with Gasteiger partial charge in [0.1, 0.15) is 0 Å². The Labute approximate surface area is 93.0 Å². The van der Waals surface area contributed by atoms with Crippen LogP contribution in [-0.4, -0.2) is 57.7 Å². The fourth-order valence-corrected chi connectivity index (χ4v) is 0. The van der Waals surface area contributed by atoms with Gasteiger partial charge in [0, 0.05) is 45.2 Å². The van der Waals surface area contributed by atoms with Crippen LogP contribution >= 0.6 is 0 Å². The Morgan fingerprint density at radius 2 is 0.692 bits per heavy atom. The molecule has 0 amide bonds. The molecule has 3 radical (unpaired) electrons. The van der Waals surface area contributed by atoms with Crippen LogP contribution in [0.5, 0.6) is 0 Å². The van der Waals surface area contributed by atoms with Crippen molar-refractivity contribution >= 4 is 42.3 Å². The molecule has 3 N–H and O–H groups in total. The first-order valence-corrected chi connectivity index (χ1v) is 2.78. The molecule has 0 saturated carbocycles. The van der Waals surface area contributed by atoms with E-state index in [1.165, 1.54) is 0 Å². The Hall–Kier alpha value is -0.772. The van der Waals surface area contributed by atoms with E-state index in [-0.39, 0.29) is 24.4 Å². The molecular formula is C6H12O6Sb. The average Bonchev–Trinajstić information content (AvgIpc) is 1.54. The third-order valence-corrected chi connectivity index (χ3v) is 0. The number of rotatable bonds is 0. The van der Waals surface area contributed by atoms with Crippen molar-refractivity contribution in [1.82, 2.24) is 0 Å². The van der Waals surface area contributed by atoms with Gasteiger partial charge in [-0.15, -0.1) is 0 Å². The monoisotopic (exact) mass is 301 g/mol. The first-order chi connectivity index (χ1) is 5.20. The van der Waals surface area contributed by atoms with E-state index in [4.69, 9.17) is 29.7 Å². The fourth-order valence-electron chi connectivity index (χ4n) is 0. The zero-order valence-corrected chi connectivity index (χ0v) is 10.1. The Balaban J connectivity index is -0.0000000450. The van der Waals surface area contributed by atoms with E-state index < -0.39 is 17.9 Å². The van der Waals surface area contributed by atoms with Crippen molar-refractivity contribution in [3.8, 4) is 0 Å². The van der Waals surface area contributed by atoms with Gasteiger partial charge in [-0.2, -0.15) is 0 Å². The van der Waals surface area contributed by atoms with Gasteiger partial charge in [-0.3, -0.25) is 14.4 Å². The molecule has 77 valence electrons. The molecular weight excluding hydrogens is 290 g/mol. The van der Waals surface area contributed by atoms with E-state index in [9.17, 15) is 0 Å². The summed E-state index contributed by atoms with van der Waals surface area (Å²) < 4.78 is 0. The van der Waals surface area contributed by atoms with Gasteiger partial charge in [-0.1, -0.05) is 0 Å². The van der Waals surface area contributed by atoms with Crippen molar-refractivity contribution in [2.75, 3.05) is 0 Å². The molecule has 0 rings (SSSR count). The van der Waals surface area contributed by atoms with Crippen LogP contribution in [0.1, 0.15) is 20.8 Å². The molecule has 0 atom stereocenters. The minimum atomic E-state index is -0.833.